The Hall–Kier alpha value is -3.80. The van der Waals surface area contributed by atoms with E-state index in [2.05, 4.69) is 0 Å². The number of carbonyl (C=O) groups is 2. The van der Waals surface area contributed by atoms with Gasteiger partial charge >= 0.3 is 5.97 Å². The quantitative estimate of drug-likeness (QED) is 0.602. The summed E-state index contributed by atoms with van der Waals surface area (Å²) in [6.45, 7) is 0.0366. The van der Waals surface area contributed by atoms with Crippen LogP contribution in [0.2, 0.25) is 0 Å². The van der Waals surface area contributed by atoms with Gasteiger partial charge in [0, 0.05) is 17.6 Å². The van der Waals surface area contributed by atoms with Gasteiger partial charge in [-0.2, -0.15) is 0 Å². The number of ether oxygens (including phenoxy) is 1. The van der Waals surface area contributed by atoms with Crippen LogP contribution in [-0.2, 0) is 13.0 Å². The summed E-state index contributed by atoms with van der Waals surface area (Å²) in [6.07, 6.45) is 2.13. The monoisotopic (exact) mass is 406 g/mol. The number of ketones is 1. The predicted octanol–water partition coefficient (Wildman–Crippen LogP) is 5.06. The summed E-state index contributed by atoms with van der Waals surface area (Å²) in [4.78, 5) is 23.9. The van der Waals surface area contributed by atoms with Crippen LogP contribution in [0, 0.1) is 11.6 Å². The standard InChI is InChI=1S/C24H16F2O4/c25-21-7-4-15(10-22(21)26)13-30-19-6-5-16-11-18(23(27)20(16)12-19)9-14-2-1-3-17(8-14)24(28)29/h1-10,12H,11,13H2,(H,28,29)/b18-9+. The normalized spacial score (nSPS) is 14.1. The fraction of sp³-hybridized carbons (Fsp3) is 0.0833. The number of carbonyl (C=O) groups excluding carboxylic acids is 1. The van der Waals surface area contributed by atoms with Crippen molar-refractivity contribution in [1.29, 1.82) is 0 Å². The number of halogens is 2. The first-order valence-corrected chi connectivity index (χ1v) is 9.19. The lowest BCUT2D eigenvalue weighted by molar-refractivity contribution is 0.0696. The molecule has 0 radical (unpaired) electrons. The van der Waals surface area contributed by atoms with Gasteiger partial charge in [-0.25, -0.2) is 13.6 Å². The van der Waals surface area contributed by atoms with E-state index in [0.717, 1.165) is 17.7 Å². The number of fused-ring (bicyclic) bond motifs is 1. The minimum Gasteiger partial charge on any atom is -0.489 e. The zero-order chi connectivity index (χ0) is 21.3. The molecule has 0 unspecified atom stereocenters. The Labute approximate surface area is 171 Å². The van der Waals surface area contributed by atoms with Crippen LogP contribution in [0.1, 0.15) is 37.4 Å². The Morgan fingerprint density at radius 1 is 1.03 bits per heavy atom. The maximum Gasteiger partial charge on any atom is 0.335 e. The van der Waals surface area contributed by atoms with Gasteiger partial charge in [-0.05, 0) is 59.2 Å². The molecule has 0 bridgehead atoms. The largest absolute Gasteiger partial charge is 0.489 e. The van der Waals surface area contributed by atoms with Crippen molar-refractivity contribution in [2.75, 3.05) is 0 Å². The van der Waals surface area contributed by atoms with E-state index in [1.54, 1.807) is 36.4 Å². The van der Waals surface area contributed by atoms with Gasteiger partial charge in [0.15, 0.2) is 17.4 Å². The van der Waals surface area contributed by atoms with E-state index in [1.165, 1.54) is 18.2 Å². The third-order valence-electron chi connectivity index (χ3n) is 4.86. The lowest BCUT2D eigenvalue weighted by atomic mass is 10.1. The van der Waals surface area contributed by atoms with Crippen LogP contribution in [-0.4, -0.2) is 16.9 Å². The highest BCUT2D eigenvalue weighted by molar-refractivity contribution is 6.15. The molecule has 1 N–H and O–H groups in total. The van der Waals surface area contributed by atoms with Gasteiger partial charge in [0.25, 0.3) is 0 Å². The van der Waals surface area contributed by atoms with Crippen molar-refractivity contribution in [1.82, 2.24) is 0 Å². The zero-order valence-electron chi connectivity index (χ0n) is 15.7. The number of hydrogen-bond donors (Lipinski definition) is 1. The van der Waals surface area contributed by atoms with Crippen molar-refractivity contribution in [2.24, 2.45) is 0 Å². The molecule has 0 atom stereocenters. The van der Waals surface area contributed by atoms with Crippen LogP contribution in [0.25, 0.3) is 6.08 Å². The second kappa shape index (κ2) is 7.91. The van der Waals surface area contributed by atoms with E-state index in [4.69, 9.17) is 9.84 Å². The van der Waals surface area contributed by atoms with Crippen LogP contribution >= 0.6 is 0 Å². The summed E-state index contributed by atoms with van der Waals surface area (Å²) < 4.78 is 32.0. The average Bonchev–Trinajstić information content (AvgIpc) is 3.04. The molecule has 0 amide bonds. The lowest BCUT2D eigenvalue weighted by Gasteiger charge is -2.08. The number of rotatable bonds is 5. The number of aromatic carboxylic acids is 1. The van der Waals surface area contributed by atoms with Crippen molar-refractivity contribution in [3.05, 3.63) is 106 Å². The number of carboxylic acids is 1. The molecule has 4 rings (SSSR count). The first kappa shape index (κ1) is 19.5. The Balaban J connectivity index is 1.52. The highest BCUT2D eigenvalue weighted by Gasteiger charge is 2.25. The van der Waals surface area contributed by atoms with Crippen LogP contribution in [0.4, 0.5) is 8.78 Å². The van der Waals surface area contributed by atoms with Gasteiger partial charge in [-0.1, -0.05) is 24.3 Å². The van der Waals surface area contributed by atoms with Crippen molar-refractivity contribution in [3.8, 4) is 5.75 Å². The molecule has 0 spiro atoms. The molecule has 1 aliphatic carbocycles. The molecule has 0 aliphatic heterocycles. The molecular formula is C24H16F2O4. The van der Waals surface area contributed by atoms with Gasteiger partial charge < -0.3 is 9.84 Å². The van der Waals surface area contributed by atoms with Crippen molar-refractivity contribution in [3.63, 3.8) is 0 Å². The molecule has 0 aromatic heterocycles. The van der Waals surface area contributed by atoms with Crippen molar-refractivity contribution < 1.29 is 28.2 Å². The molecular weight excluding hydrogens is 390 g/mol. The van der Waals surface area contributed by atoms with Crippen LogP contribution < -0.4 is 4.74 Å². The minimum atomic E-state index is -1.03. The summed E-state index contributed by atoms with van der Waals surface area (Å²) in [5.74, 6) is -2.60. The molecule has 0 saturated carbocycles. The SMILES string of the molecule is O=C(O)c1cccc(/C=C2\Cc3ccc(OCc4ccc(F)c(F)c4)cc3C2=O)c1. The Morgan fingerprint density at radius 3 is 2.63 bits per heavy atom. The van der Waals surface area contributed by atoms with Gasteiger partial charge in [0.05, 0.1) is 5.56 Å². The summed E-state index contributed by atoms with van der Waals surface area (Å²) in [7, 11) is 0. The second-order valence-electron chi connectivity index (χ2n) is 6.96. The minimum absolute atomic E-state index is 0.0366. The molecule has 0 fully saturated rings. The van der Waals surface area contributed by atoms with Crippen LogP contribution in [0.5, 0.6) is 5.75 Å². The molecule has 1 aliphatic rings. The molecule has 3 aromatic rings. The van der Waals surface area contributed by atoms with Gasteiger partial charge in [0.2, 0.25) is 0 Å². The van der Waals surface area contributed by atoms with Crippen LogP contribution in [0.3, 0.4) is 0 Å². The maximum absolute atomic E-state index is 13.3. The van der Waals surface area contributed by atoms with E-state index in [1.807, 2.05) is 0 Å². The van der Waals surface area contributed by atoms with Gasteiger partial charge in [0.1, 0.15) is 12.4 Å². The number of carboxylic acid groups (broad SMARTS) is 1. The summed E-state index contributed by atoms with van der Waals surface area (Å²) in [5.41, 5.74) is 3.19. The van der Waals surface area contributed by atoms with Crippen molar-refractivity contribution in [2.45, 2.75) is 13.0 Å². The summed E-state index contributed by atoms with van der Waals surface area (Å²) in [5, 5.41) is 9.12. The molecule has 150 valence electrons. The lowest BCUT2D eigenvalue weighted by Crippen LogP contribution is -2.00. The number of allylic oxidation sites excluding steroid dienone is 1. The van der Waals surface area contributed by atoms with Crippen molar-refractivity contribution >= 4 is 17.8 Å². The fourth-order valence-corrected chi connectivity index (χ4v) is 3.34. The smallest absolute Gasteiger partial charge is 0.335 e. The average molecular weight is 406 g/mol. The topological polar surface area (TPSA) is 63.6 Å². The Bertz CT molecular complexity index is 1200. The molecule has 0 heterocycles. The second-order valence-corrected chi connectivity index (χ2v) is 6.96. The molecule has 4 nitrogen and oxygen atoms in total. The molecule has 3 aromatic carbocycles. The van der Waals surface area contributed by atoms with Gasteiger partial charge in [-0.3, -0.25) is 4.79 Å². The first-order chi connectivity index (χ1) is 14.4. The maximum atomic E-state index is 13.3. The summed E-state index contributed by atoms with van der Waals surface area (Å²) >= 11 is 0. The highest BCUT2D eigenvalue weighted by atomic mass is 19.2. The number of Topliss-reactive ketones (excluding diaryl/α,β-unsaturated/α-hetero) is 1. The third kappa shape index (κ3) is 3.98. The van der Waals surface area contributed by atoms with E-state index >= 15 is 0 Å². The fourth-order valence-electron chi connectivity index (χ4n) is 3.34. The van der Waals surface area contributed by atoms with E-state index in [0.29, 0.717) is 34.4 Å². The Kier molecular flexibility index (Phi) is 5.14. The Morgan fingerprint density at radius 2 is 1.87 bits per heavy atom. The van der Waals surface area contributed by atoms with E-state index < -0.39 is 17.6 Å². The zero-order valence-corrected chi connectivity index (χ0v) is 15.7. The molecule has 6 heteroatoms. The van der Waals surface area contributed by atoms with Crippen LogP contribution in [0.15, 0.2) is 66.2 Å². The first-order valence-electron chi connectivity index (χ1n) is 9.19. The van der Waals surface area contributed by atoms with E-state index in [-0.39, 0.29) is 18.0 Å². The number of benzene rings is 3. The molecule has 0 saturated heterocycles. The van der Waals surface area contributed by atoms with E-state index in [9.17, 15) is 18.4 Å². The highest BCUT2D eigenvalue weighted by Crippen LogP contribution is 2.31. The predicted molar refractivity (Wildman–Crippen MR) is 107 cm³/mol. The number of hydrogen-bond acceptors (Lipinski definition) is 3. The van der Waals surface area contributed by atoms with Gasteiger partial charge in [-0.15, -0.1) is 0 Å². The molecule has 30 heavy (non-hydrogen) atoms. The third-order valence-corrected chi connectivity index (χ3v) is 4.86. The summed E-state index contributed by atoms with van der Waals surface area (Å²) in [6, 6.07) is 15.1.